The van der Waals surface area contributed by atoms with Crippen LogP contribution in [0.5, 0.6) is 11.5 Å². The third-order valence-corrected chi connectivity index (χ3v) is 5.10. The van der Waals surface area contributed by atoms with Crippen molar-refractivity contribution in [2.45, 2.75) is 26.5 Å². The van der Waals surface area contributed by atoms with Crippen LogP contribution in [-0.2, 0) is 11.3 Å². The molecule has 0 bridgehead atoms. The Morgan fingerprint density at radius 1 is 0.966 bits per heavy atom. The Kier molecular flexibility index (Phi) is 5.12. The van der Waals surface area contributed by atoms with E-state index in [-0.39, 0.29) is 5.91 Å². The molecule has 0 saturated carbocycles. The van der Waals surface area contributed by atoms with Gasteiger partial charge in [0.25, 0.3) is 5.91 Å². The Morgan fingerprint density at radius 3 is 2.38 bits per heavy atom. The van der Waals surface area contributed by atoms with Gasteiger partial charge in [0.2, 0.25) is 0 Å². The highest BCUT2D eigenvalue weighted by Gasteiger charge is 2.16. The molecule has 1 amide bonds. The fourth-order valence-corrected chi connectivity index (χ4v) is 3.63. The highest BCUT2D eigenvalue weighted by molar-refractivity contribution is 6.10. The number of fused-ring (bicyclic) bond motifs is 3. The number of carbonyl (C=O) groups excluding carboxylic acids is 1. The van der Waals surface area contributed by atoms with Gasteiger partial charge in [-0.3, -0.25) is 4.79 Å². The van der Waals surface area contributed by atoms with Crippen molar-refractivity contribution >= 4 is 33.4 Å². The van der Waals surface area contributed by atoms with E-state index < -0.39 is 6.10 Å². The van der Waals surface area contributed by atoms with Gasteiger partial charge in [-0.2, -0.15) is 0 Å². The molecule has 4 aromatic rings. The third kappa shape index (κ3) is 3.63. The van der Waals surface area contributed by atoms with E-state index in [0.29, 0.717) is 5.75 Å². The molecule has 148 valence electrons. The Bertz CT molecular complexity index is 1160. The lowest BCUT2D eigenvalue weighted by atomic mass is 10.1. The van der Waals surface area contributed by atoms with Gasteiger partial charge < -0.3 is 19.4 Å². The van der Waals surface area contributed by atoms with E-state index in [1.54, 1.807) is 38.3 Å². The summed E-state index contributed by atoms with van der Waals surface area (Å²) < 4.78 is 13.2. The molecule has 29 heavy (non-hydrogen) atoms. The molecular formula is C24H24N2O3. The number of carbonyl (C=O) groups is 1. The zero-order chi connectivity index (χ0) is 20.4. The standard InChI is InChI=1S/C24H24N2O3/c1-4-26-22-8-6-5-7-20(22)21-15-17(9-14-23(21)26)25-24(27)16(2)29-19-12-10-18(28-3)11-13-19/h5-16H,4H2,1-3H3,(H,25,27)/t16-/m1/s1. The molecule has 0 saturated heterocycles. The SMILES string of the molecule is CCn1c2ccccc2c2cc(NC(=O)[C@@H](C)Oc3ccc(OC)cc3)ccc21. The second-order valence-electron chi connectivity index (χ2n) is 6.92. The molecule has 0 fully saturated rings. The summed E-state index contributed by atoms with van der Waals surface area (Å²) >= 11 is 0. The largest absolute Gasteiger partial charge is 0.497 e. The van der Waals surface area contributed by atoms with E-state index in [1.165, 1.54) is 10.9 Å². The first-order valence-electron chi connectivity index (χ1n) is 9.73. The normalized spacial score (nSPS) is 12.1. The van der Waals surface area contributed by atoms with Crippen LogP contribution in [0.4, 0.5) is 5.69 Å². The van der Waals surface area contributed by atoms with Crippen LogP contribution >= 0.6 is 0 Å². The fourth-order valence-electron chi connectivity index (χ4n) is 3.63. The molecule has 0 spiro atoms. The molecule has 0 unspecified atom stereocenters. The zero-order valence-corrected chi connectivity index (χ0v) is 16.8. The maximum absolute atomic E-state index is 12.6. The third-order valence-electron chi connectivity index (χ3n) is 5.10. The van der Waals surface area contributed by atoms with Crippen molar-refractivity contribution in [3.63, 3.8) is 0 Å². The fraction of sp³-hybridized carbons (Fsp3) is 0.208. The van der Waals surface area contributed by atoms with Crippen LogP contribution in [0.25, 0.3) is 21.8 Å². The summed E-state index contributed by atoms with van der Waals surface area (Å²) in [5.41, 5.74) is 3.12. The van der Waals surface area contributed by atoms with Crippen LogP contribution in [0.1, 0.15) is 13.8 Å². The summed E-state index contributed by atoms with van der Waals surface area (Å²) in [5.74, 6) is 1.17. The van der Waals surface area contributed by atoms with Gasteiger partial charge in [0, 0.05) is 34.0 Å². The Labute approximate surface area is 169 Å². The van der Waals surface area contributed by atoms with Gasteiger partial charge in [-0.05, 0) is 62.4 Å². The number of methoxy groups -OCH3 is 1. The number of nitrogens with zero attached hydrogens (tertiary/aromatic N) is 1. The van der Waals surface area contributed by atoms with Crippen molar-refractivity contribution in [3.8, 4) is 11.5 Å². The van der Waals surface area contributed by atoms with Crippen molar-refractivity contribution in [1.82, 2.24) is 4.57 Å². The van der Waals surface area contributed by atoms with Crippen molar-refractivity contribution in [2.24, 2.45) is 0 Å². The van der Waals surface area contributed by atoms with Gasteiger partial charge >= 0.3 is 0 Å². The summed E-state index contributed by atoms with van der Waals surface area (Å²) in [6.07, 6.45) is -0.629. The highest BCUT2D eigenvalue weighted by atomic mass is 16.5. The summed E-state index contributed by atoms with van der Waals surface area (Å²) in [4.78, 5) is 12.6. The molecule has 5 nitrogen and oxygen atoms in total. The van der Waals surface area contributed by atoms with E-state index in [9.17, 15) is 4.79 Å². The molecule has 1 N–H and O–H groups in total. The molecule has 1 heterocycles. The van der Waals surface area contributed by atoms with Crippen molar-refractivity contribution in [2.75, 3.05) is 12.4 Å². The first kappa shape index (κ1) is 18.9. The lowest BCUT2D eigenvalue weighted by molar-refractivity contribution is -0.122. The molecule has 0 aliphatic carbocycles. The van der Waals surface area contributed by atoms with Crippen LogP contribution < -0.4 is 14.8 Å². The molecule has 1 atom stereocenters. The molecule has 0 radical (unpaired) electrons. The van der Waals surface area contributed by atoms with E-state index in [4.69, 9.17) is 9.47 Å². The lowest BCUT2D eigenvalue weighted by Gasteiger charge is -2.15. The maximum atomic E-state index is 12.6. The molecule has 5 heteroatoms. The lowest BCUT2D eigenvalue weighted by Crippen LogP contribution is -2.30. The Morgan fingerprint density at radius 2 is 1.66 bits per heavy atom. The van der Waals surface area contributed by atoms with Crippen molar-refractivity contribution < 1.29 is 14.3 Å². The molecular weight excluding hydrogens is 364 g/mol. The quantitative estimate of drug-likeness (QED) is 0.492. The van der Waals surface area contributed by atoms with Crippen LogP contribution in [0.2, 0.25) is 0 Å². The maximum Gasteiger partial charge on any atom is 0.265 e. The minimum absolute atomic E-state index is 0.195. The number of hydrogen-bond donors (Lipinski definition) is 1. The highest BCUT2D eigenvalue weighted by Crippen LogP contribution is 2.31. The average Bonchev–Trinajstić information content (AvgIpc) is 3.07. The summed E-state index contributed by atoms with van der Waals surface area (Å²) in [6, 6.07) is 21.5. The van der Waals surface area contributed by atoms with Crippen molar-refractivity contribution in [1.29, 1.82) is 0 Å². The summed E-state index contributed by atoms with van der Waals surface area (Å²) in [7, 11) is 1.61. The number of anilines is 1. The van der Waals surface area contributed by atoms with Gasteiger partial charge in [-0.1, -0.05) is 18.2 Å². The predicted octanol–water partition coefficient (Wildman–Crippen LogP) is 5.23. The van der Waals surface area contributed by atoms with Crippen LogP contribution in [0, 0.1) is 0 Å². The van der Waals surface area contributed by atoms with Crippen LogP contribution in [0.3, 0.4) is 0 Å². The zero-order valence-electron chi connectivity index (χ0n) is 16.8. The number of ether oxygens (including phenoxy) is 2. The van der Waals surface area contributed by atoms with Gasteiger partial charge in [0.05, 0.1) is 7.11 Å². The van der Waals surface area contributed by atoms with Crippen LogP contribution in [-0.4, -0.2) is 23.7 Å². The van der Waals surface area contributed by atoms with E-state index >= 15 is 0 Å². The van der Waals surface area contributed by atoms with Gasteiger partial charge in [0.1, 0.15) is 11.5 Å². The van der Waals surface area contributed by atoms with Gasteiger partial charge in [0.15, 0.2) is 6.10 Å². The minimum atomic E-state index is -0.629. The van der Waals surface area contributed by atoms with E-state index in [1.807, 2.05) is 24.3 Å². The molecule has 3 aromatic carbocycles. The first-order valence-corrected chi connectivity index (χ1v) is 9.73. The summed E-state index contributed by atoms with van der Waals surface area (Å²) in [5, 5.41) is 5.28. The number of aryl methyl sites for hydroxylation is 1. The number of benzene rings is 3. The van der Waals surface area contributed by atoms with Crippen LogP contribution in [0.15, 0.2) is 66.7 Å². The molecule has 0 aliphatic rings. The topological polar surface area (TPSA) is 52.5 Å². The van der Waals surface area contributed by atoms with Gasteiger partial charge in [-0.15, -0.1) is 0 Å². The number of rotatable bonds is 6. The smallest absolute Gasteiger partial charge is 0.265 e. The molecule has 4 rings (SSSR count). The number of aromatic nitrogens is 1. The van der Waals surface area contributed by atoms with E-state index in [2.05, 4.69) is 35.0 Å². The van der Waals surface area contributed by atoms with Gasteiger partial charge in [-0.25, -0.2) is 0 Å². The number of amides is 1. The Hall–Kier alpha value is -3.47. The molecule has 0 aliphatic heterocycles. The van der Waals surface area contributed by atoms with E-state index in [0.717, 1.165) is 28.9 Å². The average molecular weight is 388 g/mol. The monoisotopic (exact) mass is 388 g/mol. The number of para-hydroxylation sites is 1. The molecule has 1 aromatic heterocycles. The second-order valence-corrected chi connectivity index (χ2v) is 6.92. The Balaban J connectivity index is 1.55. The second kappa shape index (κ2) is 7.87. The first-order chi connectivity index (χ1) is 14.1. The summed E-state index contributed by atoms with van der Waals surface area (Å²) in [6.45, 7) is 4.77. The number of hydrogen-bond acceptors (Lipinski definition) is 3. The van der Waals surface area contributed by atoms with Crippen molar-refractivity contribution in [3.05, 3.63) is 66.7 Å². The minimum Gasteiger partial charge on any atom is -0.497 e. The predicted molar refractivity (Wildman–Crippen MR) is 117 cm³/mol. The number of nitrogens with one attached hydrogen (secondary N) is 1.